The van der Waals surface area contributed by atoms with Gasteiger partial charge in [0, 0.05) is 42.3 Å². The van der Waals surface area contributed by atoms with Gasteiger partial charge in [-0.3, -0.25) is 9.78 Å². The SMILES string of the molecule is C[C@@H](Nc1c(C#N)cnc2c(N[C@@H](c3cccc(C(=O)N(C)C)c3)c3cn[nH]n3)cc(Cl)cc12)c1ccccc1. The molecule has 1 amide bonds. The summed E-state index contributed by atoms with van der Waals surface area (Å²) in [7, 11) is 3.43. The predicted octanol–water partition coefficient (Wildman–Crippen LogP) is 5.95. The Morgan fingerprint density at radius 3 is 2.50 bits per heavy atom. The van der Waals surface area contributed by atoms with E-state index in [1.807, 2.05) is 55.5 Å². The van der Waals surface area contributed by atoms with Crippen LogP contribution in [0.5, 0.6) is 0 Å². The van der Waals surface area contributed by atoms with Crippen molar-refractivity contribution in [1.82, 2.24) is 25.3 Å². The Labute approximate surface area is 236 Å². The molecule has 0 aliphatic carbocycles. The monoisotopic (exact) mass is 550 g/mol. The molecule has 3 N–H and O–H groups in total. The van der Waals surface area contributed by atoms with Crippen molar-refractivity contribution >= 4 is 39.8 Å². The molecule has 0 saturated heterocycles. The Balaban J connectivity index is 1.60. The molecular formula is C30H27ClN8O. The Bertz CT molecular complexity index is 1700. The van der Waals surface area contributed by atoms with Crippen LogP contribution in [0.2, 0.25) is 5.02 Å². The van der Waals surface area contributed by atoms with Crippen LogP contribution in [-0.4, -0.2) is 45.3 Å². The second-order valence-electron chi connectivity index (χ2n) is 9.58. The second kappa shape index (κ2) is 11.4. The van der Waals surface area contributed by atoms with Gasteiger partial charge in [0.15, 0.2) is 0 Å². The summed E-state index contributed by atoms with van der Waals surface area (Å²) >= 11 is 6.64. The molecule has 2 atom stereocenters. The number of carbonyl (C=O) groups is 1. The summed E-state index contributed by atoms with van der Waals surface area (Å²) in [6, 6.07) is 22.6. The number of hydrogen-bond acceptors (Lipinski definition) is 7. The van der Waals surface area contributed by atoms with Gasteiger partial charge in [-0.2, -0.15) is 20.7 Å². The number of aromatic nitrogens is 4. The Morgan fingerprint density at radius 2 is 1.80 bits per heavy atom. The summed E-state index contributed by atoms with van der Waals surface area (Å²) in [6.07, 6.45) is 3.18. The maximum atomic E-state index is 12.7. The molecule has 5 rings (SSSR count). The van der Waals surface area contributed by atoms with Gasteiger partial charge in [0.25, 0.3) is 5.91 Å². The van der Waals surface area contributed by atoms with Crippen molar-refractivity contribution in [2.24, 2.45) is 0 Å². The molecule has 200 valence electrons. The molecule has 3 aromatic carbocycles. The fraction of sp³-hybridized carbons (Fsp3) is 0.167. The molecule has 0 fully saturated rings. The van der Waals surface area contributed by atoms with Gasteiger partial charge in [0.05, 0.1) is 34.7 Å². The van der Waals surface area contributed by atoms with Crippen molar-refractivity contribution < 1.29 is 4.79 Å². The van der Waals surface area contributed by atoms with E-state index in [9.17, 15) is 10.1 Å². The minimum Gasteiger partial charge on any atom is -0.377 e. The minimum absolute atomic E-state index is 0.0749. The minimum atomic E-state index is -0.479. The summed E-state index contributed by atoms with van der Waals surface area (Å²) in [6.45, 7) is 2.04. The summed E-state index contributed by atoms with van der Waals surface area (Å²) < 4.78 is 0. The van der Waals surface area contributed by atoms with Crippen molar-refractivity contribution in [3.63, 3.8) is 0 Å². The summed E-state index contributed by atoms with van der Waals surface area (Å²) in [4.78, 5) is 18.9. The normalized spacial score (nSPS) is 12.4. The number of amides is 1. The van der Waals surface area contributed by atoms with Gasteiger partial charge >= 0.3 is 0 Å². The van der Waals surface area contributed by atoms with E-state index in [4.69, 9.17) is 11.6 Å². The lowest BCUT2D eigenvalue weighted by atomic mass is 10.00. The van der Waals surface area contributed by atoms with Crippen LogP contribution in [0.25, 0.3) is 10.9 Å². The highest BCUT2D eigenvalue weighted by molar-refractivity contribution is 6.32. The first-order valence-corrected chi connectivity index (χ1v) is 13.0. The van der Waals surface area contributed by atoms with Crippen LogP contribution in [0.1, 0.15) is 51.7 Å². The van der Waals surface area contributed by atoms with Crippen LogP contribution < -0.4 is 10.6 Å². The molecule has 5 aromatic rings. The molecule has 2 heterocycles. The van der Waals surface area contributed by atoms with E-state index >= 15 is 0 Å². The number of pyridine rings is 1. The van der Waals surface area contributed by atoms with Crippen molar-refractivity contribution in [2.45, 2.75) is 19.0 Å². The van der Waals surface area contributed by atoms with Gasteiger partial charge in [0.1, 0.15) is 11.8 Å². The zero-order chi connectivity index (χ0) is 28.2. The fourth-order valence-corrected chi connectivity index (χ4v) is 4.82. The maximum absolute atomic E-state index is 12.7. The maximum Gasteiger partial charge on any atom is 0.253 e. The van der Waals surface area contributed by atoms with Gasteiger partial charge in [-0.1, -0.05) is 54.1 Å². The van der Waals surface area contributed by atoms with Crippen LogP contribution in [0.15, 0.2) is 79.1 Å². The average Bonchev–Trinajstić information content (AvgIpc) is 3.51. The molecule has 10 heteroatoms. The van der Waals surface area contributed by atoms with E-state index in [-0.39, 0.29) is 11.9 Å². The number of nitrogens with one attached hydrogen (secondary N) is 3. The van der Waals surface area contributed by atoms with E-state index in [2.05, 4.69) is 37.1 Å². The molecule has 0 bridgehead atoms. The fourth-order valence-electron chi connectivity index (χ4n) is 4.60. The Hall–Kier alpha value is -4.94. The number of nitriles is 1. The number of rotatable bonds is 8. The van der Waals surface area contributed by atoms with Crippen molar-refractivity contribution in [2.75, 3.05) is 24.7 Å². The van der Waals surface area contributed by atoms with Crippen LogP contribution in [0.4, 0.5) is 11.4 Å². The average molecular weight is 551 g/mol. The van der Waals surface area contributed by atoms with Gasteiger partial charge < -0.3 is 15.5 Å². The largest absolute Gasteiger partial charge is 0.377 e. The zero-order valence-corrected chi connectivity index (χ0v) is 22.9. The van der Waals surface area contributed by atoms with Crippen LogP contribution in [0.3, 0.4) is 0 Å². The zero-order valence-electron chi connectivity index (χ0n) is 22.2. The number of benzene rings is 3. The highest BCUT2D eigenvalue weighted by Gasteiger charge is 2.22. The third-order valence-electron chi connectivity index (χ3n) is 6.62. The van der Waals surface area contributed by atoms with Crippen molar-refractivity contribution in [3.8, 4) is 6.07 Å². The van der Waals surface area contributed by atoms with Gasteiger partial charge in [-0.25, -0.2) is 0 Å². The van der Waals surface area contributed by atoms with Crippen LogP contribution in [0, 0.1) is 11.3 Å². The third kappa shape index (κ3) is 5.44. The van der Waals surface area contributed by atoms with E-state index in [0.29, 0.717) is 44.1 Å². The number of carbonyl (C=O) groups excluding carboxylic acids is 1. The molecule has 0 unspecified atom stereocenters. The molecule has 0 spiro atoms. The van der Waals surface area contributed by atoms with E-state index < -0.39 is 6.04 Å². The van der Waals surface area contributed by atoms with E-state index in [0.717, 1.165) is 11.1 Å². The molecular weight excluding hydrogens is 524 g/mol. The molecule has 0 aliphatic rings. The first kappa shape index (κ1) is 26.7. The Kier molecular flexibility index (Phi) is 7.62. The van der Waals surface area contributed by atoms with Gasteiger partial charge in [0.2, 0.25) is 0 Å². The molecule has 0 saturated carbocycles. The smallest absolute Gasteiger partial charge is 0.253 e. The molecule has 40 heavy (non-hydrogen) atoms. The molecule has 0 aliphatic heterocycles. The summed E-state index contributed by atoms with van der Waals surface area (Å²) in [5.41, 5.74) is 5.37. The number of halogens is 1. The van der Waals surface area contributed by atoms with Crippen molar-refractivity contribution in [3.05, 3.63) is 112 Å². The second-order valence-corrected chi connectivity index (χ2v) is 10.0. The summed E-state index contributed by atoms with van der Waals surface area (Å²) in [5, 5.41) is 29.1. The predicted molar refractivity (Wildman–Crippen MR) is 156 cm³/mol. The first-order chi connectivity index (χ1) is 19.4. The van der Waals surface area contributed by atoms with Crippen LogP contribution >= 0.6 is 11.6 Å². The quantitative estimate of drug-likeness (QED) is 0.218. The lowest BCUT2D eigenvalue weighted by Crippen LogP contribution is -2.22. The third-order valence-corrected chi connectivity index (χ3v) is 6.84. The number of hydrogen-bond donors (Lipinski definition) is 3. The summed E-state index contributed by atoms with van der Waals surface area (Å²) in [5.74, 6) is -0.108. The number of fused-ring (bicyclic) bond motifs is 1. The first-order valence-electron chi connectivity index (χ1n) is 12.6. The van der Waals surface area contributed by atoms with Crippen LogP contribution in [-0.2, 0) is 0 Å². The van der Waals surface area contributed by atoms with Gasteiger partial charge in [-0.15, -0.1) is 0 Å². The number of aromatic amines is 1. The Morgan fingerprint density at radius 1 is 1.02 bits per heavy atom. The molecule has 0 radical (unpaired) electrons. The molecule has 2 aromatic heterocycles. The topological polar surface area (TPSA) is 123 Å². The lowest BCUT2D eigenvalue weighted by Gasteiger charge is -2.22. The lowest BCUT2D eigenvalue weighted by molar-refractivity contribution is 0.0827. The highest BCUT2D eigenvalue weighted by Crippen LogP contribution is 2.37. The van der Waals surface area contributed by atoms with Gasteiger partial charge in [-0.05, 0) is 42.3 Å². The van der Waals surface area contributed by atoms with E-state index in [1.165, 1.54) is 4.90 Å². The number of nitrogens with zero attached hydrogens (tertiary/aromatic N) is 5. The number of anilines is 2. The number of H-pyrrole nitrogens is 1. The van der Waals surface area contributed by atoms with Crippen molar-refractivity contribution in [1.29, 1.82) is 5.26 Å². The molecule has 9 nitrogen and oxygen atoms in total. The standard InChI is InChI=1S/C30H27ClN8O/c1-18(19-8-5-4-6-9-19)35-27-22(15-32)16-33-29-24(27)13-23(31)14-25(29)36-28(26-17-34-38-37-26)20-10-7-11-21(12-20)30(40)39(2)3/h4-14,16-18,28,36H,1-3H3,(H,33,35)(H,34,37,38)/t18-,28+/m1/s1. The van der Waals surface area contributed by atoms with E-state index in [1.54, 1.807) is 44.7 Å². The highest BCUT2D eigenvalue weighted by atomic mass is 35.5.